The second-order valence-electron chi connectivity index (χ2n) is 3.08. The van der Waals surface area contributed by atoms with Crippen LogP contribution in [-0.2, 0) is 13.1 Å². The van der Waals surface area contributed by atoms with Crippen molar-refractivity contribution in [3.05, 3.63) is 34.7 Å². The molecule has 4 nitrogen and oxygen atoms in total. The summed E-state index contributed by atoms with van der Waals surface area (Å²) in [4.78, 5) is 3.99. The number of hydrogen-bond donors (Lipinski definition) is 0. The minimum atomic E-state index is 0.960. The van der Waals surface area contributed by atoms with Crippen LogP contribution in [0, 0.1) is 3.57 Å². The average Bonchev–Trinajstić information content (AvgIpc) is 2.77. The van der Waals surface area contributed by atoms with Crippen molar-refractivity contribution < 1.29 is 0 Å². The Morgan fingerprint density at radius 1 is 1.36 bits per heavy atom. The predicted octanol–water partition coefficient (Wildman–Crippen LogP) is 1.77. The molecule has 2 aromatic rings. The van der Waals surface area contributed by atoms with Crippen LogP contribution in [0.1, 0.15) is 6.42 Å². The number of aromatic nitrogens is 4. The van der Waals surface area contributed by atoms with Crippen molar-refractivity contribution in [3.8, 4) is 0 Å². The number of nitrogens with zero attached hydrogens (tertiary/aromatic N) is 4. The van der Waals surface area contributed by atoms with E-state index in [0.29, 0.717) is 0 Å². The monoisotopic (exact) mass is 302 g/mol. The van der Waals surface area contributed by atoms with Gasteiger partial charge >= 0.3 is 0 Å². The number of halogens is 1. The molecule has 0 bridgehead atoms. The van der Waals surface area contributed by atoms with Gasteiger partial charge in [0.2, 0.25) is 0 Å². The van der Waals surface area contributed by atoms with E-state index < -0.39 is 0 Å². The molecule has 2 rings (SSSR count). The van der Waals surface area contributed by atoms with E-state index in [1.54, 1.807) is 6.20 Å². The first-order valence-electron chi connectivity index (χ1n) is 4.48. The molecule has 0 saturated carbocycles. The summed E-state index contributed by atoms with van der Waals surface area (Å²) in [6.07, 6.45) is 10.6. The maximum atomic E-state index is 4.22. The van der Waals surface area contributed by atoms with Crippen LogP contribution < -0.4 is 0 Å². The molecule has 0 aliphatic rings. The molecule has 74 valence electrons. The van der Waals surface area contributed by atoms with Crippen LogP contribution >= 0.6 is 22.6 Å². The van der Waals surface area contributed by atoms with Gasteiger partial charge in [0.25, 0.3) is 0 Å². The van der Waals surface area contributed by atoms with Gasteiger partial charge in [0.05, 0.1) is 16.1 Å². The molecule has 5 heteroatoms. The molecule has 2 aromatic heterocycles. The highest BCUT2D eigenvalue weighted by Crippen LogP contribution is 2.02. The summed E-state index contributed by atoms with van der Waals surface area (Å²) in [7, 11) is 0. The summed E-state index contributed by atoms with van der Waals surface area (Å²) in [5, 5.41) is 4.22. The minimum Gasteiger partial charge on any atom is -0.337 e. The molecule has 0 aliphatic carbocycles. The van der Waals surface area contributed by atoms with Gasteiger partial charge in [0, 0.05) is 31.7 Å². The molecule has 2 heterocycles. The lowest BCUT2D eigenvalue weighted by molar-refractivity contribution is 0.526. The summed E-state index contributed by atoms with van der Waals surface area (Å²) in [5.41, 5.74) is 0. The van der Waals surface area contributed by atoms with Gasteiger partial charge in [-0.2, -0.15) is 5.10 Å². The molecule has 0 aromatic carbocycles. The molecular weight excluding hydrogens is 291 g/mol. The molecule has 0 amide bonds. The first-order valence-corrected chi connectivity index (χ1v) is 5.56. The van der Waals surface area contributed by atoms with Crippen LogP contribution in [-0.4, -0.2) is 19.3 Å². The Bertz CT molecular complexity index is 379. The predicted molar refractivity (Wildman–Crippen MR) is 61.8 cm³/mol. The first-order chi connectivity index (χ1) is 6.84. The van der Waals surface area contributed by atoms with Crippen molar-refractivity contribution in [1.29, 1.82) is 0 Å². The van der Waals surface area contributed by atoms with Gasteiger partial charge in [-0.3, -0.25) is 4.68 Å². The summed E-state index contributed by atoms with van der Waals surface area (Å²) in [6.45, 7) is 1.96. The van der Waals surface area contributed by atoms with Crippen LogP contribution in [0.25, 0.3) is 0 Å². The van der Waals surface area contributed by atoms with Crippen molar-refractivity contribution in [2.24, 2.45) is 0 Å². The first kappa shape index (κ1) is 9.70. The zero-order chi connectivity index (χ0) is 9.80. The molecule has 0 unspecified atom stereocenters. The molecule has 14 heavy (non-hydrogen) atoms. The lowest BCUT2D eigenvalue weighted by Crippen LogP contribution is -2.02. The Morgan fingerprint density at radius 2 is 2.29 bits per heavy atom. The zero-order valence-electron chi connectivity index (χ0n) is 7.67. The Labute approximate surface area is 96.1 Å². The summed E-state index contributed by atoms with van der Waals surface area (Å²) < 4.78 is 5.23. The van der Waals surface area contributed by atoms with Crippen LogP contribution in [0.5, 0.6) is 0 Å². The van der Waals surface area contributed by atoms with Gasteiger partial charge in [0.15, 0.2) is 0 Å². The Balaban J connectivity index is 1.78. The van der Waals surface area contributed by atoms with E-state index in [1.807, 2.05) is 23.4 Å². The van der Waals surface area contributed by atoms with Crippen molar-refractivity contribution in [2.45, 2.75) is 19.5 Å². The third-order valence-corrected chi connectivity index (χ3v) is 2.52. The van der Waals surface area contributed by atoms with Crippen LogP contribution in [0.3, 0.4) is 0 Å². The smallest absolute Gasteiger partial charge is 0.0945 e. The summed E-state index contributed by atoms with van der Waals surface area (Å²) in [6, 6.07) is 0. The van der Waals surface area contributed by atoms with Gasteiger partial charge < -0.3 is 4.57 Å². The van der Waals surface area contributed by atoms with Crippen molar-refractivity contribution >= 4 is 22.6 Å². The number of hydrogen-bond acceptors (Lipinski definition) is 2. The normalized spacial score (nSPS) is 10.6. The molecular formula is C9H11IN4. The Kier molecular flexibility index (Phi) is 3.18. The highest BCUT2D eigenvalue weighted by atomic mass is 127. The van der Waals surface area contributed by atoms with E-state index in [-0.39, 0.29) is 0 Å². The van der Waals surface area contributed by atoms with Gasteiger partial charge in [-0.25, -0.2) is 4.98 Å². The summed E-state index contributed by atoms with van der Waals surface area (Å²) >= 11 is 2.26. The van der Waals surface area contributed by atoms with Crippen molar-refractivity contribution in [2.75, 3.05) is 0 Å². The van der Waals surface area contributed by atoms with Gasteiger partial charge in [0.1, 0.15) is 0 Å². The fourth-order valence-electron chi connectivity index (χ4n) is 1.29. The van der Waals surface area contributed by atoms with Crippen molar-refractivity contribution in [3.63, 3.8) is 0 Å². The highest BCUT2D eigenvalue weighted by Gasteiger charge is 1.95. The summed E-state index contributed by atoms with van der Waals surface area (Å²) in [5.74, 6) is 0. The van der Waals surface area contributed by atoms with Crippen LogP contribution in [0.2, 0.25) is 0 Å². The Hall–Kier alpha value is -0.850. The van der Waals surface area contributed by atoms with Crippen LogP contribution in [0.4, 0.5) is 0 Å². The lowest BCUT2D eigenvalue weighted by atomic mass is 10.4. The number of imidazole rings is 1. The molecule has 0 saturated heterocycles. The Morgan fingerprint density at radius 3 is 2.93 bits per heavy atom. The van der Waals surface area contributed by atoms with Gasteiger partial charge in [-0.05, 0) is 29.0 Å². The zero-order valence-corrected chi connectivity index (χ0v) is 9.83. The maximum absolute atomic E-state index is 4.22. The number of rotatable bonds is 4. The van der Waals surface area contributed by atoms with Crippen LogP contribution in [0.15, 0.2) is 31.1 Å². The van der Waals surface area contributed by atoms with E-state index in [4.69, 9.17) is 0 Å². The quantitative estimate of drug-likeness (QED) is 0.807. The minimum absolute atomic E-state index is 0.960. The molecule has 0 spiro atoms. The van der Waals surface area contributed by atoms with E-state index in [0.717, 1.165) is 19.5 Å². The van der Waals surface area contributed by atoms with E-state index >= 15 is 0 Å². The number of aryl methyl sites for hydroxylation is 2. The highest BCUT2D eigenvalue weighted by molar-refractivity contribution is 14.1. The van der Waals surface area contributed by atoms with E-state index in [9.17, 15) is 0 Å². The molecule has 0 aliphatic heterocycles. The maximum Gasteiger partial charge on any atom is 0.0945 e. The van der Waals surface area contributed by atoms with Crippen molar-refractivity contribution in [1.82, 2.24) is 19.3 Å². The molecule has 0 atom stereocenters. The van der Waals surface area contributed by atoms with Gasteiger partial charge in [-0.1, -0.05) is 0 Å². The molecule has 0 radical (unpaired) electrons. The second kappa shape index (κ2) is 4.59. The average molecular weight is 302 g/mol. The lowest BCUT2D eigenvalue weighted by Gasteiger charge is -2.02. The van der Waals surface area contributed by atoms with E-state index in [2.05, 4.69) is 43.4 Å². The SMILES string of the molecule is Ic1cnn(CCCn2ccnc2)c1. The molecule has 0 N–H and O–H groups in total. The van der Waals surface area contributed by atoms with E-state index in [1.165, 1.54) is 3.57 Å². The third kappa shape index (κ3) is 2.57. The largest absolute Gasteiger partial charge is 0.337 e. The second-order valence-corrected chi connectivity index (χ2v) is 4.32. The fourth-order valence-corrected chi connectivity index (χ4v) is 1.74. The third-order valence-electron chi connectivity index (χ3n) is 1.96. The standard InChI is InChI=1S/C9H11IN4/c10-9-6-12-14(7-9)4-1-3-13-5-2-11-8-13/h2,5-8H,1,3-4H2. The fraction of sp³-hybridized carbons (Fsp3) is 0.333. The molecule has 0 fully saturated rings. The van der Waals surface area contributed by atoms with Gasteiger partial charge in [-0.15, -0.1) is 0 Å². The topological polar surface area (TPSA) is 35.6 Å².